The number of benzene rings is 1. The van der Waals surface area contributed by atoms with Crippen LogP contribution in [-0.2, 0) is 16.1 Å². The van der Waals surface area contributed by atoms with Crippen LogP contribution in [0.15, 0.2) is 55.4 Å². The van der Waals surface area contributed by atoms with Crippen LogP contribution in [0.1, 0.15) is 12.0 Å². The number of nitrogens with zero attached hydrogens (tertiary/aromatic N) is 5. The SMILES string of the molecule is COc1ccc(-n2cnnc2)cc1NC(=O)C1CC(=O)N(Cc2ccncc2)C1. The molecule has 0 aliphatic carbocycles. The molecule has 3 heterocycles. The lowest BCUT2D eigenvalue weighted by atomic mass is 10.1. The fourth-order valence-electron chi connectivity index (χ4n) is 3.33. The Hall–Kier alpha value is -3.75. The number of aromatic nitrogens is 4. The Kier molecular flexibility index (Phi) is 5.19. The first kappa shape index (κ1) is 18.6. The molecule has 0 spiro atoms. The van der Waals surface area contributed by atoms with E-state index < -0.39 is 5.92 Å². The number of likely N-dealkylation sites (tertiary alicyclic amines) is 1. The molecule has 1 aromatic carbocycles. The van der Waals surface area contributed by atoms with Crippen LogP contribution in [0, 0.1) is 5.92 Å². The number of ether oxygens (including phenoxy) is 1. The molecule has 148 valence electrons. The van der Waals surface area contributed by atoms with Gasteiger partial charge in [0.2, 0.25) is 11.8 Å². The molecule has 0 bridgehead atoms. The van der Waals surface area contributed by atoms with Gasteiger partial charge in [0.05, 0.1) is 24.4 Å². The molecule has 1 aliphatic heterocycles. The highest BCUT2D eigenvalue weighted by Gasteiger charge is 2.34. The van der Waals surface area contributed by atoms with Crippen molar-refractivity contribution in [1.82, 2.24) is 24.6 Å². The predicted octanol–water partition coefficient (Wildman–Crippen LogP) is 1.66. The summed E-state index contributed by atoms with van der Waals surface area (Å²) in [5, 5.41) is 10.5. The average molecular weight is 392 g/mol. The van der Waals surface area contributed by atoms with Crippen molar-refractivity contribution in [2.45, 2.75) is 13.0 Å². The van der Waals surface area contributed by atoms with E-state index in [1.807, 2.05) is 18.2 Å². The lowest BCUT2D eigenvalue weighted by Gasteiger charge is -2.17. The molecule has 1 saturated heterocycles. The minimum absolute atomic E-state index is 0.0350. The van der Waals surface area contributed by atoms with Gasteiger partial charge in [-0.2, -0.15) is 0 Å². The molecule has 0 radical (unpaired) electrons. The number of carbonyl (C=O) groups excluding carboxylic acids is 2. The molecule has 9 nitrogen and oxygen atoms in total. The minimum atomic E-state index is -0.424. The Morgan fingerprint density at radius 2 is 1.97 bits per heavy atom. The Morgan fingerprint density at radius 1 is 1.21 bits per heavy atom. The maximum Gasteiger partial charge on any atom is 0.229 e. The van der Waals surface area contributed by atoms with Crippen molar-refractivity contribution in [2.24, 2.45) is 5.92 Å². The van der Waals surface area contributed by atoms with E-state index in [2.05, 4.69) is 20.5 Å². The molecule has 2 amide bonds. The van der Waals surface area contributed by atoms with E-state index >= 15 is 0 Å². The van der Waals surface area contributed by atoms with Crippen molar-refractivity contribution >= 4 is 17.5 Å². The number of rotatable bonds is 6. The molecule has 0 saturated carbocycles. The summed E-state index contributed by atoms with van der Waals surface area (Å²) in [6, 6.07) is 9.11. The van der Waals surface area contributed by atoms with E-state index in [9.17, 15) is 9.59 Å². The van der Waals surface area contributed by atoms with E-state index in [4.69, 9.17) is 4.74 Å². The summed E-state index contributed by atoms with van der Waals surface area (Å²) in [5.41, 5.74) is 2.30. The third-order valence-corrected chi connectivity index (χ3v) is 4.87. The number of anilines is 1. The number of hydrogen-bond donors (Lipinski definition) is 1. The standard InChI is InChI=1S/C20H20N6O3/c1-29-18-3-2-16(26-12-22-23-13-26)9-17(18)24-20(28)15-8-19(27)25(11-15)10-14-4-6-21-7-5-14/h2-7,9,12-13,15H,8,10-11H2,1H3,(H,24,28). The highest BCUT2D eigenvalue weighted by Crippen LogP contribution is 2.29. The van der Waals surface area contributed by atoms with Crippen molar-refractivity contribution in [1.29, 1.82) is 0 Å². The van der Waals surface area contributed by atoms with Gasteiger partial charge in [-0.1, -0.05) is 0 Å². The van der Waals surface area contributed by atoms with Gasteiger partial charge in [0, 0.05) is 31.9 Å². The largest absolute Gasteiger partial charge is 0.495 e. The van der Waals surface area contributed by atoms with Crippen LogP contribution in [0.2, 0.25) is 0 Å². The average Bonchev–Trinajstić information content (AvgIpc) is 3.39. The second-order valence-electron chi connectivity index (χ2n) is 6.77. The van der Waals surface area contributed by atoms with E-state index in [-0.39, 0.29) is 18.2 Å². The van der Waals surface area contributed by atoms with E-state index in [1.54, 1.807) is 53.8 Å². The van der Waals surface area contributed by atoms with Crippen molar-refractivity contribution in [3.05, 3.63) is 60.9 Å². The fraction of sp³-hybridized carbons (Fsp3) is 0.250. The van der Waals surface area contributed by atoms with Crippen molar-refractivity contribution in [3.8, 4) is 11.4 Å². The number of hydrogen-bond acceptors (Lipinski definition) is 6. The minimum Gasteiger partial charge on any atom is -0.495 e. The zero-order chi connectivity index (χ0) is 20.2. The third kappa shape index (κ3) is 4.08. The predicted molar refractivity (Wildman–Crippen MR) is 104 cm³/mol. The van der Waals surface area contributed by atoms with Gasteiger partial charge in [-0.3, -0.25) is 19.1 Å². The van der Waals surface area contributed by atoms with Crippen LogP contribution in [0.5, 0.6) is 5.75 Å². The first-order chi connectivity index (χ1) is 14.1. The molecule has 9 heteroatoms. The van der Waals surface area contributed by atoms with Gasteiger partial charge in [-0.15, -0.1) is 10.2 Å². The molecule has 1 atom stereocenters. The quantitative estimate of drug-likeness (QED) is 0.684. The van der Waals surface area contributed by atoms with Crippen LogP contribution in [0.4, 0.5) is 5.69 Å². The highest BCUT2D eigenvalue weighted by atomic mass is 16.5. The van der Waals surface area contributed by atoms with Gasteiger partial charge in [0.25, 0.3) is 0 Å². The number of nitrogens with one attached hydrogen (secondary N) is 1. The number of methoxy groups -OCH3 is 1. The molecular weight excluding hydrogens is 372 g/mol. The van der Waals surface area contributed by atoms with Crippen LogP contribution >= 0.6 is 0 Å². The second kappa shape index (κ2) is 8.09. The van der Waals surface area contributed by atoms with Gasteiger partial charge >= 0.3 is 0 Å². The Morgan fingerprint density at radius 3 is 2.69 bits per heavy atom. The summed E-state index contributed by atoms with van der Waals surface area (Å²) in [5.74, 6) is -0.136. The molecular formula is C20H20N6O3. The zero-order valence-electron chi connectivity index (χ0n) is 15.9. The van der Waals surface area contributed by atoms with Crippen LogP contribution in [0.25, 0.3) is 5.69 Å². The summed E-state index contributed by atoms with van der Waals surface area (Å²) in [6.45, 7) is 0.845. The maximum absolute atomic E-state index is 12.8. The molecule has 1 N–H and O–H groups in total. The Balaban J connectivity index is 1.46. The highest BCUT2D eigenvalue weighted by molar-refractivity contribution is 5.98. The van der Waals surface area contributed by atoms with Crippen molar-refractivity contribution in [2.75, 3.05) is 19.0 Å². The molecule has 29 heavy (non-hydrogen) atoms. The number of carbonyl (C=O) groups is 2. The van der Waals surface area contributed by atoms with Crippen LogP contribution < -0.4 is 10.1 Å². The van der Waals surface area contributed by atoms with Gasteiger partial charge in [0.15, 0.2) is 0 Å². The second-order valence-corrected chi connectivity index (χ2v) is 6.77. The molecule has 1 unspecified atom stereocenters. The van der Waals surface area contributed by atoms with E-state index in [0.717, 1.165) is 11.3 Å². The maximum atomic E-state index is 12.8. The number of amides is 2. The summed E-state index contributed by atoms with van der Waals surface area (Å²) in [7, 11) is 1.54. The topological polar surface area (TPSA) is 102 Å². The molecule has 1 fully saturated rings. The fourth-order valence-corrected chi connectivity index (χ4v) is 3.33. The first-order valence-electron chi connectivity index (χ1n) is 9.14. The third-order valence-electron chi connectivity index (χ3n) is 4.87. The lowest BCUT2D eigenvalue weighted by molar-refractivity contribution is -0.128. The molecule has 1 aliphatic rings. The smallest absolute Gasteiger partial charge is 0.229 e. The van der Waals surface area contributed by atoms with Gasteiger partial charge in [-0.25, -0.2) is 0 Å². The Labute approximate surface area is 167 Å². The summed E-state index contributed by atoms with van der Waals surface area (Å²) in [6.07, 6.45) is 6.70. The molecule has 3 aromatic rings. The van der Waals surface area contributed by atoms with E-state index in [1.165, 1.54) is 0 Å². The van der Waals surface area contributed by atoms with Crippen molar-refractivity contribution < 1.29 is 14.3 Å². The normalized spacial score (nSPS) is 16.1. The number of pyridine rings is 1. The zero-order valence-corrected chi connectivity index (χ0v) is 15.9. The van der Waals surface area contributed by atoms with Crippen LogP contribution in [0.3, 0.4) is 0 Å². The summed E-state index contributed by atoms with van der Waals surface area (Å²) in [4.78, 5) is 30.9. The van der Waals surface area contributed by atoms with Gasteiger partial charge < -0.3 is 15.0 Å². The van der Waals surface area contributed by atoms with Gasteiger partial charge in [0.1, 0.15) is 18.4 Å². The monoisotopic (exact) mass is 392 g/mol. The lowest BCUT2D eigenvalue weighted by Crippen LogP contribution is -2.28. The van der Waals surface area contributed by atoms with Crippen molar-refractivity contribution in [3.63, 3.8) is 0 Å². The van der Waals surface area contributed by atoms with E-state index in [0.29, 0.717) is 24.5 Å². The molecule has 2 aromatic heterocycles. The Bertz CT molecular complexity index is 1010. The summed E-state index contributed by atoms with van der Waals surface area (Å²) < 4.78 is 7.09. The van der Waals surface area contributed by atoms with Gasteiger partial charge in [-0.05, 0) is 35.9 Å². The molecule has 4 rings (SSSR count). The first-order valence-corrected chi connectivity index (χ1v) is 9.14. The van der Waals surface area contributed by atoms with Crippen LogP contribution in [-0.4, -0.2) is 50.1 Å². The summed E-state index contributed by atoms with van der Waals surface area (Å²) >= 11 is 0.